The lowest BCUT2D eigenvalue weighted by Gasteiger charge is -2.23. The molecule has 1 aliphatic heterocycles. The van der Waals surface area contributed by atoms with E-state index in [2.05, 4.69) is 20.6 Å². The van der Waals surface area contributed by atoms with E-state index in [4.69, 9.17) is 9.47 Å². The molecule has 2 heterocycles. The van der Waals surface area contributed by atoms with Gasteiger partial charge in [-0.2, -0.15) is 4.98 Å². The van der Waals surface area contributed by atoms with E-state index in [1.807, 2.05) is 0 Å². The summed E-state index contributed by atoms with van der Waals surface area (Å²) in [5.74, 6) is 1.12. The maximum absolute atomic E-state index is 5.54. The van der Waals surface area contributed by atoms with Gasteiger partial charge in [0, 0.05) is 31.9 Å². The molecule has 1 aromatic heterocycles. The van der Waals surface area contributed by atoms with Crippen molar-refractivity contribution in [2.45, 2.75) is 6.10 Å². The number of methoxy groups -OCH3 is 1. The minimum absolute atomic E-state index is 0.170. The Morgan fingerprint density at radius 1 is 1.69 bits per heavy atom. The smallest absolute Gasteiger partial charge is 0.226 e. The van der Waals surface area contributed by atoms with Gasteiger partial charge in [0.15, 0.2) is 0 Å². The number of nitrogens with one attached hydrogen (secondary N) is 2. The van der Waals surface area contributed by atoms with Crippen LogP contribution in [0.25, 0.3) is 0 Å². The molecule has 0 aromatic carbocycles. The summed E-state index contributed by atoms with van der Waals surface area (Å²) in [6.07, 6.45) is 1.83. The predicted molar refractivity (Wildman–Crippen MR) is 59.7 cm³/mol. The summed E-state index contributed by atoms with van der Waals surface area (Å²) in [5, 5.41) is 6.38. The lowest BCUT2D eigenvalue weighted by atomic mass is 10.3. The fraction of sp³-hybridized carbons (Fsp3) is 0.600. The first-order valence-electron chi connectivity index (χ1n) is 5.31. The average Bonchev–Trinajstić information content (AvgIpc) is 2.38. The van der Waals surface area contributed by atoms with Crippen molar-refractivity contribution in [3.8, 4) is 5.88 Å². The molecular weight excluding hydrogens is 208 g/mol. The third-order valence-electron chi connectivity index (χ3n) is 2.33. The molecule has 0 spiro atoms. The van der Waals surface area contributed by atoms with Gasteiger partial charge in [0.05, 0.1) is 19.8 Å². The fourth-order valence-corrected chi connectivity index (χ4v) is 1.50. The van der Waals surface area contributed by atoms with E-state index in [-0.39, 0.29) is 6.10 Å². The Labute approximate surface area is 94.4 Å². The number of hydrogen-bond donors (Lipinski definition) is 2. The van der Waals surface area contributed by atoms with Gasteiger partial charge in [-0.1, -0.05) is 0 Å². The van der Waals surface area contributed by atoms with Gasteiger partial charge >= 0.3 is 0 Å². The van der Waals surface area contributed by atoms with Gasteiger partial charge in [0.2, 0.25) is 11.8 Å². The van der Waals surface area contributed by atoms with Crippen molar-refractivity contribution in [3.05, 3.63) is 12.3 Å². The number of aromatic nitrogens is 2. The van der Waals surface area contributed by atoms with Crippen molar-refractivity contribution >= 4 is 5.95 Å². The Morgan fingerprint density at radius 2 is 2.62 bits per heavy atom. The summed E-state index contributed by atoms with van der Waals surface area (Å²) in [5.41, 5.74) is 0. The molecule has 1 aromatic rings. The summed E-state index contributed by atoms with van der Waals surface area (Å²) in [7, 11) is 1.58. The molecule has 0 radical (unpaired) electrons. The third-order valence-corrected chi connectivity index (χ3v) is 2.33. The lowest BCUT2D eigenvalue weighted by molar-refractivity contribution is 0.0371. The molecule has 0 amide bonds. The molecule has 1 fully saturated rings. The van der Waals surface area contributed by atoms with E-state index in [0.29, 0.717) is 18.4 Å². The molecule has 1 atom stereocenters. The molecule has 1 aliphatic rings. The van der Waals surface area contributed by atoms with E-state index in [1.54, 1.807) is 19.4 Å². The van der Waals surface area contributed by atoms with E-state index < -0.39 is 0 Å². The molecule has 0 bridgehead atoms. The second kappa shape index (κ2) is 5.62. The maximum Gasteiger partial charge on any atom is 0.226 e. The quantitative estimate of drug-likeness (QED) is 0.743. The molecule has 2 rings (SSSR count). The normalized spacial score (nSPS) is 20.4. The van der Waals surface area contributed by atoms with Crippen LogP contribution in [0.5, 0.6) is 5.88 Å². The van der Waals surface area contributed by atoms with Crippen LogP contribution in [-0.4, -0.2) is 49.4 Å². The number of hydrogen-bond acceptors (Lipinski definition) is 6. The second-order valence-corrected chi connectivity index (χ2v) is 3.50. The van der Waals surface area contributed by atoms with Crippen LogP contribution in [-0.2, 0) is 4.74 Å². The van der Waals surface area contributed by atoms with Gasteiger partial charge in [-0.15, -0.1) is 0 Å². The molecule has 1 unspecified atom stereocenters. The zero-order chi connectivity index (χ0) is 11.2. The number of rotatable bonds is 4. The number of nitrogens with zero attached hydrogens (tertiary/aromatic N) is 2. The highest BCUT2D eigenvalue weighted by Gasteiger charge is 2.13. The van der Waals surface area contributed by atoms with E-state index in [0.717, 1.165) is 19.7 Å². The molecule has 2 N–H and O–H groups in total. The lowest BCUT2D eigenvalue weighted by Crippen LogP contribution is -2.42. The molecular formula is C10H16N4O2. The molecule has 1 saturated heterocycles. The molecule has 88 valence electrons. The summed E-state index contributed by atoms with van der Waals surface area (Å²) in [4.78, 5) is 8.25. The van der Waals surface area contributed by atoms with Crippen LogP contribution < -0.4 is 15.4 Å². The number of ether oxygens (including phenoxy) is 2. The fourth-order valence-electron chi connectivity index (χ4n) is 1.50. The van der Waals surface area contributed by atoms with Crippen molar-refractivity contribution < 1.29 is 9.47 Å². The monoisotopic (exact) mass is 224 g/mol. The number of anilines is 1. The zero-order valence-corrected chi connectivity index (χ0v) is 9.27. The average molecular weight is 224 g/mol. The molecule has 16 heavy (non-hydrogen) atoms. The highest BCUT2D eigenvalue weighted by atomic mass is 16.5. The van der Waals surface area contributed by atoms with E-state index >= 15 is 0 Å². The SMILES string of the molecule is COc1ccnc(NCC2CNCCO2)n1. The largest absolute Gasteiger partial charge is 0.481 e. The standard InChI is InChI=1S/C10H16N4O2/c1-15-9-2-3-12-10(14-9)13-7-8-6-11-4-5-16-8/h2-3,8,11H,4-7H2,1H3,(H,12,13,14). The van der Waals surface area contributed by atoms with E-state index in [1.165, 1.54) is 0 Å². The van der Waals surface area contributed by atoms with Crippen LogP contribution in [0, 0.1) is 0 Å². The molecule has 6 nitrogen and oxygen atoms in total. The van der Waals surface area contributed by atoms with Gasteiger partial charge in [0.25, 0.3) is 0 Å². The van der Waals surface area contributed by atoms with Crippen LogP contribution >= 0.6 is 0 Å². The van der Waals surface area contributed by atoms with Gasteiger partial charge in [-0.25, -0.2) is 4.98 Å². The second-order valence-electron chi connectivity index (χ2n) is 3.50. The number of morpholine rings is 1. The van der Waals surface area contributed by atoms with Gasteiger partial charge in [0.1, 0.15) is 0 Å². The van der Waals surface area contributed by atoms with Crippen LogP contribution in [0.4, 0.5) is 5.95 Å². The first-order chi connectivity index (χ1) is 7.88. The van der Waals surface area contributed by atoms with Crippen molar-refractivity contribution in [2.75, 3.05) is 38.7 Å². The highest BCUT2D eigenvalue weighted by Crippen LogP contribution is 2.07. The highest BCUT2D eigenvalue weighted by molar-refractivity contribution is 5.27. The van der Waals surface area contributed by atoms with E-state index in [9.17, 15) is 0 Å². The van der Waals surface area contributed by atoms with Crippen LogP contribution in [0.3, 0.4) is 0 Å². The first kappa shape index (κ1) is 11.1. The van der Waals surface area contributed by atoms with Crippen molar-refractivity contribution in [3.63, 3.8) is 0 Å². The van der Waals surface area contributed by atoms with Gasteiger partial charge in [-0.3, -0.25) is 0 Å². The Kier molecular flexibility index (Phi) is 3.90. The minimum atomic E-state index is 0.170. The Hall–Kier alpha value is -1.40. The van der Waals surface area contributed by atoms with Crippen molar-refractivity contribution in [1.29, 1.82) is 0 Å². The molecule has 6 heteroatoms. The Bertz CT molecular complexity index is 328. The summed E-state index contributed by atoms with van der Waals surface area (Å²) >= 11 is 0. The minimum Gasteiger partial charge on any atom is -0.481 e. The topological polar surface area (TPSA) is 68.3 Å². The summed E-state index contributed by atoms with van der Waals surface area (Å²) in [6.45, 7) is 3.23. The van der Waals surface area contributed by atoms with Gasteiger partial charge in [-0.05, 0) is 0 Å². The van der Waals surface area contributed by atoms with Crippen LogP contribution in [0.15, 0.2) is 12.3 Å². The van der Waals surface area contributed by atoms with Crippen molar-refractivity contribution in [2.24, 2.45) is 0 Å². The van der Waals surface area contributed by atoms with Crippen LogP contribution in [0.2, 0.25) is 0 Å². The predicted octanol–water partition coefficient (Wildman–Crippen LogP) is -0.115. The molecule has 0 aliphatic carbocycles. The third kappa shape index (κ3) is 3.04. The Morgan fingerprint density at radius 3 is 3.38 bits per heavy atom. The van der Waals surface area contributed by atoms with Crippen molar-refractivity contribution in [1.82, 2.24) is 15.3 Å². The first-order valence-corrected chi connectivity index (χ1v) is 5.31. The van der Waals surface area contributed by atoms with Crippen LogP contribution in [0.1, 0.15) is 0 Å². The maximum atomic E-state index is 5.54. The Balaban J connectivity index is 1.83. The zero-order valence-electron chi connectivity index (χ0n) is 9.27. The summed E-state index contributed by atoms with van der Waals surface area (Å²) in [6, 6.07) is 1.71. The summed E-state index contributed by atoms with van der Waals surface area (Å²) < 4.78 is 10.6. The van der Waals surface area contributed by atoms with Gasteiger partial charge < -0.3 is 20.1 Å². The molecule has 0 saturated carbocycles.